The molecule has 0 radical (unpaired) electrons. The van der Waals surface area contributed by atoms with E-state index in [-0.39, 0.29) is 0 Å². The minimum Gasteiger partial charge on any atom is -0.334 e. The van der Waals surface area contributed by atoms with E-state index in [9.17, 15) is 0 Å². The van der Waals surface area contributed by atoms with Crippen LogP contribution in [0.5, 0.6) is 0 Å². The van der Waals surface area contributed by atoms with E-state index < -0.39 is 0 Å². The van der Waals surface area contributed by atoms with Gasteiger partial charge in [0, 0.05) is 13.6 Å². The molecule has 2 rings (SSSR count). The normalized spacial score (nSPS) is 11.0. The van der Waals surface area contributed by atoms with Crippen molar-refractivity contribution in [2.75, 3.05) is 0 Å². The van der Waals surface area contributed by atoms with Crippen LogP contribution < -0.4 is 5.73 Å². The average molecular weight is 257 g/mol. The minimum atomic E-state index is 0.555. The van der Waals surface area contributed by atoms with Gasteiger partial charge in [-0.15, -0.1) is 0 Å². The fourth-order valence-electron chi connectivity index (χ4n) is 2.50. The van der Waals surface area contributed by atoms with E-state index in [0.29, 0.717) is 6.54 Å². The van der Waals surface area contributed by atoms with Crippen LogP contribution in [0, 0.1) is 20.8 Å². The molecule has 0 bridgehead atoms. The Morgan fingerprint density at radius 1 is 1.16 bits per heavy atom. The first kappa shape index (κ1) is 13.8. The quantitative estimate of drug-likeness (QED) is 0.915. The molecule has 0 saturated heterocycles. The van der Waals surface area contributed by atoms with Gasteiger partial charge in [0.2, 0.25) is 0 Å². The maximum Gasteiger partial charge on any atom is 0.105 e. The van der Waals surface area contributed by atoms with Gasteiger partial charge in [-0.25, -0.2) is 4.98 Å². The summed E-state index contributed by atoms with van der Waals surface area (Å²) in [5, 5.41) is 0. The maximum atomic E-state index is 5.83. The molecule has 1 aromatic carbocycles. The van der Waals surface area contributed by atoms with Gasteiger partial charge < -0.3 is 10.3 Å². The lowest BCUT2D eigenvalue weighted by Crippen LogP contribution is -2.07. The fourth-order valence-corrected chi connectivity index (χ4v) is 2.50. The van der Waals surface area contributed by atoms with E-state index in [1.54, 1.807) is 0 Å². The molecule has 19 heavy (non-hydrogen) atoms. The Balaban J connectivity index is 2.19. The monoisotopic (exact) mass is 257 g/mol. The number of rotatable bonds is 4. The van der Waals surface area contributed by atoms with Crippen molar-refractivity contribution in [2.24, 2.45) is 12.8 Å². The third kappa shape index (κ3) is 2.87. The van der Waals surface area contributed by atoms with E-state index in [4.69, 9.17) is 5.73 Å². The van der Waals surface area contributed by atoms with Crippen LogP contribution in [-0.4, -0.2) is 9.55 Å². The summed E-state index contributed by atoms with van der Waals surface area (Å²) >= 11 is 0. The van der Waals surface area contributed by atoms with Crippen molar-refractivity contribution in [3.8, 4) is 0 Å². The number of imidazole rings is 1. The fraction of sp³-hybridized carbons (Fsp3) is 0.438. The third-order valence-electron chi connectivity index (χ3n) is 3.85. The molecule has 0 aliphatic rings. The van der Waals surface area contributed by atoms with Crippen molar-refractivity contribution in [2.45, 2.75) is 40.2 Å². The Bertz CT molecular complexity index is 582. The molecule has 0 fully saturated rings. The summed E-state index contributed by atoms with van der Waals surface area (Å²) in [6, 6.07) is 6.63. The highest BCUT2D eigenvalue weighted by molar-refractivity contribution is 5.31. The Morgan fingerprint density at radius 2 is 1.89 bits per heavy atom. The van der Waals surface area contributed by atoms with Gasteiger partial charge in [-0.2, -0.15) is 0 Å². The zero-order chi connectivity index (χ0) is 14.0. The summed E-state index contributed by atoms with van der Waals surface area (Å²) in [4.78, 5) is 4.63. The lowest BCUT2D eigenvalue weighted by atomic mass is 10.00. The molecule has 3 heteroatoms. The molecule has 0 aliphatic heterocycles. The Morgan fingerprint density at radius 3 is 2.58 bits per heavy atom. The number of benzene rings is 1. The van der Waals surface area contributed by atoms with E-state index in [1.807, 2.05) is 14.0 Å². The summed E-state index contributed by atoms with van der Waals surface area (Å²) in [5.41, 5.74) is 12.2. The zero-order valence-electron chi connectivity index (χ0n) is 12.3. The molecule has 0 spiro atoms. The first-order valence-corrected chi connectivity index (χ1v) is 6.80. The number of nitrogens with zero attached hydrogens (tertiary/aromatic N) is 2. The second-order valence-electron chi connectivity index (χ2n) is 5.25. The summed E-state index contributed by atoms with van der Waals surface area (Å²) in [6.07, 6.45) is 1.98. The van der Waals surface area contributed by atoms with Gasteiger partial charge in [0.05, 0.1) is 11.4 Å². The summed E-state index contributed by atoms with van der Waals surface area (Å²) in [6.45, 7) is 6.89. The highest BCUT2D eigenvalue weighted by Crippen LogP contribution is 2.16. The van der Waals surface area contributed by atoms with E-state index in [1.165, 1.54) is 16.7 Å². The Labute approximate surface area is 115 Å². The van der Waals surface area contributed by atoms with Gasteiger partial charge in [0.25, 0.3) is 0 Å². The van der Waals surface area contributed by atoms with E-state index >= 15 is 0 Å². The minimum absolute atomic E-state index is 0.555. The molecule has 2 N–H and O–H groups in total. The summed E-state index contributed by atoms with van der Waals surface area (Å²) in [7, 11) is 2.03. The van der Waals surface area contributed by atoms with Crippen molar-refractivity contribution in [1.29, 1.82) is 0 Å². The summed E-state index contributed by atoms with van der Waals surface area (Å²) < 4.78 is 2.10. The van der Waals surface area contributed by atoms with E-state index in [0.717, 1.165) is 30.1 Å². The van der Waals surface area contributed by atoms with Crippen molar-refractivity contribution in [3.05, 3.63) is 52.1 Å². The molecule has 0 amide bonds. The van der Waals surface area contributed by atoms with Crippen LogP contribution in [0.15, 0.2) is 18.2 Å². The van der Waals surface area contributed by atoms with Crippen LogP contribution in [-0.2, 0) is 26.4 Å². The van der Waals surface area contributed by atoms with Crippen LogP contribution in [0.25, 0.3) is 0 Å². The molecule has 1 heterocycles. The van der Waals surface area contributed by atoms with Crippen LogP contribution in [0.3, 0.4) is 0 Å². The molecular formula is C16H23N3. The topological polar surface area (TPSA) is 43.8 Å². The number of hydrogen-bond donors (Lipinski definition) is 1. The number of nitrogens with two attached hydrogens (primary N) is 1. The highest BCUT2D eigenvalue weighted by Gasteiger charge is 2.11. The maximum absolute atomic E-state index is 5.83. The molecule has 2 aromatic rings. The number of hydrogen-bond acceptors (Lipinski definition) is 2. The van der Waals surface area contributed by atoms with Gasteiger partial charge in [-0.05, 0) is 44.7 Å². The molecule has 102 valence electrons. The predicted octanol–water partition coefficient (Wildman–Crippen LogP) is 2.59. The average Bonchev–Trinajstić information content (AvgIpc) is 2.66. The van der Waals surface area contributed by atoms with Crippen LogP contribution in [0.1, 0.15) is 33.9 Å². The summed E-state index contributed by atoms with van der Waals surface area (Å²) in [5.74, 6) is 1.04. The molecular weight excluding hydrogens is 234 g/mol. The van der Waals surface area contributed by atoms with Crippen molar-refractivity contribution < 1.29 is 0 Å². The standard InChI is InChI=1S/C16H23N3/c1-11-5-6-12(2)14(9-11)7-8-15-16(10-17)19(4)13(3)18-15/h5-6,9H,7-8,10,17H2,1-4H3. The number of aromatic nitrogens is 2. The lowest BCUT2D eigenvalue weighted by molar-refractivity contribution is 0.779. The van der Waals surface area contributed by atoms with Gasteiger partial charge in [-0.1, -0.05) is 23.8 Å². The van der Waals surface area contributed by atoms with Gasteiger partial charge in [-0.3, -0.25) is 0 Å². The zero-order valence-corrected chi connectivity index (χ0v) is 12.3. The van der Waals surface area contributed by atoms with Crippen LogP contribution in [0.2, 0.25) is 0 Å². The Hall–Kier alpha value is -1.61. The van der Waals surface area contributed by atoms with Crippen LogP contribution in [0.4, 0.5) is 0 Å². The van der Waals surface area contributed by atoms with Crippen LogP contribution >= 0.6 is 0 Å². The first-order chi connectivity index (χ1) is 9.02. The first-order valence-electron chi connectivity index (χ1n) is 6.80. The lowest BCUT2D eigenvalue weighted by Gasteiger charge is -2.07. The van der Waals surface area contributed by atoms with Gasteiger partial charge in [0.15, 0.2) is 0 Å². The Kier molecular flexibility index (Phi) is 4.05. The van der Waals surface area contributed by atoms with Gasteiger partial charge >= 0.3 is 0 Å². The predicted molar refractivity (Wildman–Crippen MR) is 79.2 cm³/mol. The van der Waals surface area contributed by atoms with Crippen molar-refractivity contribution >= 4 is 0 Å². The molecule has 1 aromatic heterocycles. The molecule has 0 unspecified atom stereocenters. The number of aryl methyl sites for hydroxylation is 5. The molecule has 0 atom stereocenters. The SMILES string of the molecule is Cc1ccc(C)c(CCc2nc(C)n(C)c2CN)c1. The molecule has 0 aliphatic carbocycles. The third-order valence-corrected chi connectivity index (χ3v) is 3.85. The van der Waals surface area contributed by atoms with Gasteiger partial charge in [0.1, 0.15) is 5.82 Å². The largest absolute Gasteiger partial charge is 0.334 e. The second kappa shape index (κ2) is 5.57. The van der Waals surface area contributed by atoms with E-state index in [2.05, 4.69) is 41.6 Å². The molecule has 3 nitrogen and oxygen atoms in total. The van der Waals surface area contributed by atoms with Crippen molar-refractivity contribution in [1.82, 2.24) is 9.55 Å². The molecule has 0 saturated carbocycles. The van der Waals surface area contributed by atoms with Crippen molar-refractivity contribution in [3.63, 3.8) is 0 Å². The highest BCUT2D eigenvalue weighted by atomic mass is 15.1. The second-order valence-corrected chi connectivity index (χ2v) is 5.25. The smallest absolute Gasteiger partial charge is 0.105 e.